The van der Waals surface area contributed by atoms with E-state index in [2.05, 4.69) is 4.90 Å². The maximum atomic E-state index is 14.0. The summed E-state index contributed by atoms with van der Waals surface area (Å²) in [5.74, 6) is -0.357. The first-order valence-corrected chi connectivity index (χ1v) is 8.52. The van der Waals surface area contributed by atoms with Crippen molar-refractivity contribution in [3.63, 3.8) is 0 Å². The lowest BCUT2D eigenvalue weighted by Gasteiger charge is -2.25. The standard InChI is InChI=1S/C20H21FN2O3/c1-22-9-8-14(11-22)12-23(20(25)26)19-5-3-2-4-17(19)15-6-7-16(13-24)18(21)10-15/h2-7,10,13-14H,8-9,11-12H2,1H3,(H,25,26). The van der Waals surface area contributed by atoms with E-state index in [1.165, 1.54) is 17.0 Å². The number of rotatable bonds is 5. The smallest absolute Gasteiger partial charge is 0.411 e. The summed E-state index contributed by atoms with van der Waals surface area (Å²) in [4.78, 5) is 26.3. The van der Waals surface area contributed by atoms with Gasteiger partial charge in [0.2, 0.25) is 0 Å². The second kappa shape index (κ2) is 7.66. The Balaban J connectivity index is 1.97. The van der Waals surface area contributed by atoms with Gasteiger partial charge in [0.25, 0.3) is 0 Å². The molecule has 1 heterocycles. The molecular weight excluding hydrogens is 335 g/mol. The Morgan fingerprint density at radius 1 is 1.35 bits per heavy atom. The first kappa shape index (κ1) is 18.1. The van der Waals surface area contributed by atoms with E-state index in [0.29, 0.717) is 29.6 Å². The molecule has 0 radical (unpaired) electrons. The molecule has 0 spiro atoms. The third-order valence-electron chi connectivity index (χ3n) is 4.79. The van der Waals surface area contributed by atoms with Crippen LogP contribution in [-0.4, -0.2) is 49.1 Å². The molecule has 1 aliphatic rings. The number of carbonyl (C=O) groups excluding carboxylic acids is 1. The Morgan fingerprint density at radius 2 is 2.12 bits per heavy atom. The van der Waals surface area contributed by atoms with Gasteiger partial charge in [-0.1, -0.05) is 24.3 Å². The number of halogens is 1. The fourth-order valence-electron chi connectivity index (χ4n) is 3.46. The Bertz CT molecular complexity index is 824. The van der Waals surface area contributed by atoms with Crippen LogP contribution < -0.4 is 4.90 Å². The number of benzene rings is 2. The highest BCUT2D eigenvalue weighted by molar-refractivity contribution is 5.93. The molecule has 1 unspecified atom stereocenters. The van der Waals surface area contributed by atoms with Crippen LogP contribution in [0.3, 0.4) is 0 Å². The third kappa shape index (κ3) is 3.75. The molecule has 1 atom stereocenters. The number of anilines is 1. The minimum atomic E-state index is -1.03. The molecule has 5 nitrogen and oxygen atoms in total. The molecule has 1 saturated heterocycles. The predicted octanol–water partition coefficient (Wildman–Crippen LogP) is 3.74. The zero-order valence-corrected chi connectivity index (χ0v) is 14.6. The van der Waals surface area contributed by atoms with Crippen molar-refractivity contribution in [2.45, 2.75) is 6.42 Å². The van der Waals surface area contributed by atoms with Crippen molar-refractivity contribution in [1.29, 1.82) is 0 Å². The highest BCUT2D eigenvalue weighted by Gasteiger charge is 2.26. The van der Waals surface area contributed by atoms with Crippen molar-refractivity contribution < 1.29 is 19.1 Å². The molecule has 1 N–H and O–H groups in total. The van der Waals surface area contributed by atoms with Crippen LogP contribution in [0.25, 0.3) is 11.1 Å². The van der Waals surface area contributed by atoms with Gasteiger partial charge in [0.05, 0.1) is 11.3 Å². The van der Waals surface area contributed by atoms with Gasteiger partial charge in [-0.2, -0.15) is 0 Å². The van der Waals surface area contributed by atoms with Crippen molar-refractivity contribution in [3.8, 4) is 11.1 Å². The topological polar surface area (TPSA) is 60.9 Å². The number of carboxylic acid groups (broad SMARTS) is 1. The molecule has 136 valence electrons. The van der Waals surface area contributed by atoms with Crippen molar-refractivity contribution in [2.24, 2.45) is 5.92 Å². The van der Waals surface area contributed by atoms with E-state index in [1.807, 2.05) is 7.05 Å². The maximum absolute atomic E-state index is 14.0. The lowest BCUT2D eigenvalue weighted by molar-refractivity contribution is 0.111. The van der Waals surface area contributed by atoms with E-state index < -0.39 is 11.9 Å². The van der Waals surface area contributed by atoms with Gasteiger partial charge in [-0.05, 0) is 49.7 Å². The summed E-state index contributed by atoms with van der Waals surface area (Å²) in [7, 11) is 2.02. The lowest BCUT2D eigenvalue weighted by Crippen LogP contribution is -2.35. The van der Waals surface area contributed by atoms with Gasteiger partial charge in [-0.3, -0.25) is 9.69 Å². The van der Waals surface area contributed by atoms with Crippen LogP contribution in [0.5, 0.6) is 0 Å². The van der Waals surface area contributed by atoms with Crippen molar-refractivity contribution in [1.82, 2.24) is 4.90 Å². The molecule has 2 aromatic rings. The van der Waals surface area contributed by atoms with Gasteiger partial charge in [0.1, 0.15) is 5.82 Å². The highest BCUT2D eigenvalue weighted by atomic mass is 19.1. The molecular formula is C20H21FN2O3. The first-order chi connectivity index (χ1) is 12.5. The summed E-state index contributed by atoms with van der Waals surface area (Å²) >= 11 is 0. The predicted molar refractivity (Wildman–Crippen MR) is 98.2 cm³/mol. The monoisotopic (exact) mass is 356 g/mol. The molecule has 0 bridgehead atoms. The molecule has 1 fully saturated rings. The average molecular weight is 356 g/mol. The normalized spacial score (nSPS) is 17.2. The summed E-state index contributed by atoms with van der Waals surface area (Å²) in [5, 5.41) is 9.75. The fourth-order valence-corrected chi connectivity index (χ4v) is 3.46. The number of hydrogen-bond acceptors (Lipinski definition) is 3. The number of nitrogens with zero attached hydrogens (tertiary/aromatic N) is 2. The molecule has 0 aromatic heterocycles. The molecule has 1 aliphatic heterocycles. The third-order valence-corrected chi connectivity index (χ3v) is 4.79. The van der Waals surface area contributed by atoms with E-state index >= 15 is 0 Å². The van der Waals surface area contributed by atoms with E-state index in [4.69, 9.17) is 0 Å². The second-order valence-electron chi connectivity index (χ2n) is 6.68. The highest BCUT2D eigenvalue weighted by Crippen LogP contribution is 2.33. The van der Waals surface area contributed by atoms with Gasteiger partial charge in [0, 0.05) is 18.7 Å². The first-order valence-electron chi connectivity index (χ1n) is 8.52. The van der Waals surface area contributed by atoms with Crippen LogP contribution in [0.2, 0.25) is 0 Å². The van der Waals surface area contributed by atoms with E-state index in [0.717, 1.165) is 19.5 Å². The average Bonchev–Trinajstić information content (AvgIpc) is 3.04. The molecule has 0 saturated carbocycles. The Morgan fingerprint density at radius 3 is 2.73 bits per heavy atom. The van der Waals surface area contributed by atoms with Crippen LogP contribution in [0.15, 0.2) is 42.5 Å². The van der Waals surface area contributed by atoms with Gasteiger partial charge >= 0.3 is 6.09 Å². The Hall–Kier alpha value is -2.73. The van der Waals surface area contributed by atoms with E-state index in [-0.39, 0.29) is 11.5 Å². The molecule has 2 aromatic carbocycles. The van der Waals surface area contributed by atoms with Crippen molar-refractivity contribution in [3.05, 3.63) is 53.8 Å². The van der Waals surface area contributed by atoms with Gasteiger partial charge in [-0.15, -0.1) is 0 Å². The van der Waals surface area contributed by atoms with Gasteiger partial charge < -0.3 is 10.0 Å². The zero-order chi connectivity index (χ0) is 18.7. The van der Waals surface area contributed by atoms with Gasteiger partial charge in [0.15, 0.2) is 6.29 Å². The number of likely N-dealkylation sites (tertiary alicyclic amines) is 1. The zero-order valence-electron chi connectivity index (χ0n) is 14.6. The van der Waals surface area contributed by atoms with Crippen LogP contribution in [0.4, 0.5) is 14.9 Å². The number of aldehydes is 1. The minimum Gasteiger partial charge on any atom is -0.465 e. The van der Waals surface area contributed by atoms with Crippen LogP contribution in [-0.2, 0) is 0 Å². The molecule has 3 rings (SSSR count). The van der Waals surface area contributed by atoms with E-state index in [9.17, 15) is 19.1 Å². The van der Waals surface area contributed by atoms with Crippen LogP contribution in [0, 0.1) is 11.7 Å². The van der Waals surface area contributed by atoms with Gasteiger partial charge in [-0.25, -0.2) is 9.18 Å². The minimum absolute atomic E-state index is 0.0182. The fraction of sp³-hybridized carbons (Fsp3) is 0.300. The summed E-state index contributed by atoms with van der Waals surface area (Å²) in [5.41, 5.74) is 1.67. The Labute approximate surface area is 151 Å². The van der Waals surface area contributed by atoms with Crippen LogP contribution >= 0.6 is 0 Å². The Kier molecular flexibility index (Phi) is 5.32. The van der Waals surface area contributed by atoms with Crippen LogP contribution in [0.1, 0.15) is 16.8 Å². The summed E-state index contributed by atoms with van der Waals surface area (Å²) < 4.78 is 14.0. The molecule has 1 amide bonds. The number of carbonyl (C=O) groups is 2. The summed E-state index contributed by atoms with van der Waals surface area (Å²) in [6, 6.07) is 11.4. The maximum Gasteiger partial charge on any atom is 0.411 e. The van der Waals surface area contributed by atoms with E-state index in [1.54, 1.807) is 30.3 Å². The second-order valence-corrected chi connectivity index (χ2v) is 6.68. The number of hydrogen-bond donors (Lipinski definition) is 1. The summed E-state index contributed by atoms with van der Waals surface area (Å²) in [6.45, 7) is 2.21. The largest absolute Gasteiger partial charge is 0.465 e. The SMILES string of the molecule is CN1CCC(CN(C(=O)O)c2ccccc2-c2ccc(C=O)c(F)c2)C1. The molecule has 26 heavy (non-hydrogen) atoms. The molecule has 0 aliphatic carbocycles. The van der Waals surface area contributed by atoms with Crippen molar-refractivity contribution >= 4 is 18.1 Å². The number of amides is 1. The summed E-state index contributed by atoms with van der Waals surface area (Å²) in [6.07, 6.45) is 0.382. The number of para-hydroxylation sites is 1. The molecule has 6 heteroatoms. The van der Waals surface area contributed by atoms with Crippen molar-refractivity contribution in [2.75, 3.05) is 31.6 Å². The quantitative estimate of drug-likeness (QED) is 0.829. The lowest BCUT2D eigenvalue weighted by atomic mass is 10.0.